The Morgan fingerprint density at radius 1 is 1.21 bits per heavy atom. The summed E-state index contributed by atoms with van der Waals surface area (Å²) in [4.78, 5) is 14.2. The van der Waals surface area contributed by atoms with Crippen LogP contribution in [-0.4, -0.2) is 16.1 Å². The first-order valence-corrected chi connectivity index (χ1v) is 7.66. The van der Waals surface area contributed by atoms with Crippen LogP contribution in [0.3, 0.4) is 0 Å². The molecule has 0 saturated heterocycles. The van der Waals surface area contributed by atoms with Gasteiger partial charge in [-0.05, 0) is 65.9 Å². The van der Waals surface area contributed by atoms with Gasteiger partial charge in [0.25, 0.3) is 0 Å². The van der Waals surface area contributed by atoms with E-state index in [1.807, 2.05) is 6.07 Å². The Labute approximate surface area is 137 Å². The van der Waals surface area contributed by atoms with Crippen LogP contribution in [0.2, 0.25) is 0 Å². The smallest absolute Gasteiger partial charge is 0.303 e. The summed E-state index contributed by atoms with van der Waals surface area (Å²) in [6.07, 6.45) is -0.0727. The summed E-state index contributed by atoms with van der Waals surface area (Å²) in [7, 11) is 0. The van der Waals surface area contributed by atoms with E-state index < -0.39 is 5.97 Å². The number of hydrogen-bond acceptors (Lipinski definition) is 1. The van der Waals surface area contributed by atoms with Gasteiger partial charge in [0.05, 0.1) is 17.6 Å². The Morgan fingerprint density at radius 3 is 2.50 bits per heavy atom. The molecule has 1 aromatic heterocycles. The monoisotopic (exact) mass is 329 g/mol. The maximum atomic E-state index is 14.3. The molecule has 124 valence electrons. The van der Waals surface area contributed by atoms with Gasteiger partial charge in [0.2, 0.25) is 0 Å². The number of benzene rings is 2. The molecule has 5 heteroatoms. The summed E-state index contributed by atoms with van der Waals surface area (Å²) in [6, 6.07) is 9.13. The van der Waals surface area contributed by atoms with Gasteiger partial charge in [0.15, 0.2) is 0 Å². The number of nitrogens with one attached hydrogen (secondary N) is 1. The van der Waals surface area contributed by atoms with E-state index in [0.717, 1.165) is 11.1 Å². The summed E-state index contributed by atoms with van der Waals surface area (Å²) in [5.74, 6) is -1.99. The van der Waals surface area contributed by atoms with E-state index in [0.29, 0.717) is 22.2 Å². The molecule has 0 fully saturated rings. The molecule has 0 amide bonds. The van der Waals surface area contributed by atoms with E-state index in [1.165, 1.54) is 18.2 Å². The average molecular weight is 329 g/mol. The summed E-state index contributed by atoms with van der Waals surface area (Å²) < 4.78 is 27.5. The molecular weight excluding hydrogens is 312 g/mol. The molecule has 0 radical (unpaired) electrons. The molecule has 3 aromatic rings. The zero-order valence-electron chi connectivity index (χ0n) is 13.4. The number of carbonyl (C=O) groups is 1. The SMILES string of the molecule is Cc1cc(F)c2[nH]c(-c3ccc(F)cc3)c(C(C)CC(=O)O)c2c1. The number of aromatic amines is 1. The first-order chi connectivity index (χ1) is 11.4. The van der Waals surface area contributed by atoms with Gasteiger partial charge in [0.1, 0.15) is 11.6 Å². The van der Waals surface area contributed by atoms with E-state index in [9.17, 15) is 13.6 Å². The average Bonchev–Trinajstić information content (AvgIpc) is 2.87. The van der Waals surface area contributed by atoms with Crippen LogP contribution in [0, 0.1) is 18.6 Å². The molecule has 24 heavy (non-hydrogen) atoms. The minimum Gasteiger partial charge on any atom is -0.481 e. The van der Waals surface area contributed by atoms with Gasteiger partial charge in [-0.1, -0.05) is 6.92 Å². The van der Waals surface area contributed by atoms with Crippen LogP contribution < -0.4 is 0 Å². The van der Waals surface area contributed by atoms with E-state index >= 15 is 0 Å². The number of hydrogen-bond donors (Lipinski definition) is 2. The third-order valence-electron chi connectivity index (χ3n) is 4.15. The lowest BCUT2D eigenvalue weighted by atomic mass is 9.92. The molecule has 2 N–H and O–H groups in total. The molecule has 3 rings (SSSR count). The molecule has 1 heterocycles. The third-order valence-corrected chi connectivity index (χ3v) is 4.15. The highest BCUT2D eigenvalue weighted by Gasteiger charge is 2.22. The molecule has 0 aliphatic heterocycles. The maximum absolute atomic E-state index is 14.3. The highest BCUT2D eigenvalue weighted by molar-refractivity contribution is 5.92. The number of halogens is 2. The Hall–Kier alpha value is -2.69. The second kappa shape index (κ2) is 6.07. The van der Waals surface area contributed by atoms with Crippen LogP contribution in [-0.2, 0) is 4.79 Å². The van der Waals surface area contributed by atoms with Gasteiger partial charge in [0, 0.05) is 5.39 Å². The highest BCUT2D eigenvalue weighted by Crippen LogP contribution is 2.38. The van der Waals surface area contributed by atoms with Gasteiger partial charge < -0.3 is 10.1 Å². The Bertz CT molecular complexity index is 913. The van der Waals surface area contributed by atoms with Crippen molar-refractivity contribution >= 4 is 16.9 Å². The van der Waals surface area contributed by atoms with Crippen LogP contribution in [0.15, 0.2) is 36.4 Å². The Morgan fingerprint density at radius 2 is 1.88 bits per heavy atom. The first kappa shape index (κ1) is 16.2. The summed E-state index contributed by atoms with van der Waals surface area (Å²) in [6.45, 7) is 3.59. The predicted molar refractivity (Wildman–Crippen MR) is 89.1 cm³/mol. The number of rotatable bonds is 4. The quantitative estimate of drug-likeness (QED) is 0.708. The Kier molecular flexibility index (Phi) is 4.09. The molecule has 0 bridgehead atoms. The lowest BCUT2D eigenvalue weighted by Gasteiger charge is -2.12. The van der Waals surface area contributed by atoms with Gasteiger partial charge in [-0.25, -0.2) is 8.78 Å². The van der Waals surface area contributed by atoms with Gasteiger partial charge in [-0.3, -0.25) is 4.79 Å². The normalized spacial score (nSPS) is 12.5. The van der Waals surface area contributed by atoms with E-state index in [1.54, 1.807) is 26.0 Å². The minimum atomic E-state index is -0.921. The molecule has 1 unspecified atom stereocenters. The van der Waals surface area contributed by atoms with Crippen molar-refractivity contribution in [3.05, 3.63) is 59.2 Å². The molecule has 3 nitrogen and oxygen atoms in total. The first-order valence-electron chi connectivity index (χ1n) is 7.66. The van der Waals surface area contributed by atoms with Crippen LogP contribution in [0.25, 0.3) is 22.2 Å². The number of aryl methyl sites for hydroxylation is 1. The van der Waals surface area contributed by atoms with Crippen molar-refractivity contribution < 1.29 is 18.7 Å². The Balaban J connectivity index is 2.28. The zero-order chi connectivity index (χ0) is 17.4. The number of aliphatic carboxylic acids is 1. The van der Waals surface area contributed by atoms with Crippen LogP contribution in [0.4, 0.5) is 8.78 Å². The van der Waals surface area contributed by atoms with Crippen molar-refractivity contribution in [2.45, 2.75) is 26.2 Å². The van der Waals surface area contributed by atoms with Crippen LogP contribution in [0.1, 0.15) is 30.4 Å². The molecule has 2 aromatic carbocycles. The van der Waals surface area contributed by atoms with Gasteiger partial charge >= 0.3 is 5.97 Å². The standard InChI is InChI=1S/C19H17F2NO2/c1-10-7-14-17(11(2)9-16(23)24)18(22-19(14)15(21)8-10)12-3-5-13(20)6-4-12/h3-8,11,22H,9H2,1-2H3,(H,23,24). The van der Waals surface area contributed by atoms with Crippen molar-refractivity contribution in [1.82, 2.24) is 4.98 Å². The summed E-state index contributed by atoms with van der Waals surface area (Å²) >= 11 is 0. The summed E-state index contributed by atoms with van der Waals surface area (Å²) in [5.41, 5.74) is 3.15. The van der Waals surface area contributed by atoms with E-state index in [2.05, 4.69) is 4.98 Å². The fraction of sp³-hybridized carbons (Fsp3) is 0.211. The second-order valence-corrected chi connectivity index (χ2v) is 6.09. The van der Waals surface area contributed by atoms with Crippen molar-refractivity contribution in [2.24, 2.45) is 0 Å². The molecule has 0 aliphatic carbocycles. The lowest BCUT2D eigenvalue weighted by molar-refractivity contribution is -0.137. The second-order valence-electron chi connectivity index (χ2n) is 6.09. The molecule has 1 atom stereocenters. The number of carboxylic acid groups (broad SMARTS) is 1. The fourth-order valence-corrected chi connectivity index (χ4v) is 3.13. The lowest BCUT2D eigenvalue weighted by Crippen LogP contribution is -2.03. The highest BCUT2D eigenvalue weighted by atomic mass is 19.1. The van der Waals surface area contributed by atoms with Crippen molar-refractivity contribution in [3.63, 3.8) is 0 Å². The largest absolute Gasteiger partial charge is 0.481 e. The van der Waals surface area contributed by atoms with Crippen molar-refractivity contribution in [1.29, 1.82) is 0 Å². The predicted octanol–water partition coefficient (Wildman–Crippen LogP) is 5.00. The minimum absolute atomic E-state index is 0.0727. The molecule has 0 aliphatic rings. The fourth-order valence-electron chi connectivity index (χ4n) is 3.13. The number of aromatic nitrogens is 1. The van der Waals surface area contributed by atoms with Crippen molar-refractivity contribution in [2.75, 3.05) is 0 Å². The van der Waals surface area contributed by atoms with Crippen LogP contribution in [0.5, 0.6) is 0 Å². The zero-order valence-corrected chi connectivity index (χ0v) is 13.4. The van der Waals surface area contributed by atoms with Gasteiger partial charge in [-0.2, -0.15) is 0 Å². The topological polar surface area (TPSA) is 53.1 Å². The third kappa shape index (κ3) is 2.89. The molecule has 0 spiro atoms. The summed E-state index contributed by atoms with van der Waals surface area (Å²) in [5, 5.41) is 9.80. The number of H-pyrrole nitrogens is 1. The van der Waals surface area contributed by atoms with E-state index in [-0.39, 0.29) is 24.0 Å². The van der Waals surface area contributed by atoms with Gasteiger partial charge in [-0.15, -0.1) is 0 Å². The van der Waals surface area contributed by atoms with E-state index in [4.69, 9.17) is 5.11 Å². The molecular formula is C19H17F2NO2. The van der Waals surface area contributed by atoms with Crippen molar-refractivity contribution in [3.8, 4) is 11.3 Å². The molecule has 0 saturated carbocycles. The van der Waals surface area contributed by atoms with Crippen LogP contribution >= 0.6 is 0 Å². The maximum Gasteiger partial charge on any atom is 0.303 e. The number of carboxylic acids is 1. The number of fused-ring (bicyclic) bond motifs is 1.